The molecular formula is C23H27N5O3S. The Labute approximate surface area is 191 Å². The molecule has 0 fully saturated rings. The maximum atomic E-state index is 12.7. The van der Waals surface area contributed by atoms with Crippen molar-refractivity contribution in [2.45, 2.75) is 33.2 Å². The number of nitrogens with one attached hydrogen (secondary N) is 1. The summed E-state index contributed by atoms with van der Waals surface area (Å²) in [6.07, 6.45) is 4.64. The Morgan fingerprint density at radius 1 is 1.19 bits per heavy atom. The normalized spacial score (nSPS) is 11.5. The Morgan fingerprint density at radius 3 is 2.62 bits per heavy atom. The lowest BCUT2D eigenvalue weighted by Crippen LogP contribution is -2.29. The molecule has 0 spiro atoms. The molecule has 3 aromatic rings. The lowest BCUT2D eigenvalue weighted by atomic mass is 10.1. The highest BCUT2D eigenvalue weighted by molar-refractivity contribution is 7.07. The van der Waals surface area contributed by atoms with Crippen molar-refractivity contribution in [3.8, 4) is 11.3 Å². The molecule has 0 aliphatic rings. The molecule has 0 unspecified atom stereocenters. The van der Waals surface area contributed by atoms with Gasteiger partial charge in [0.2, 0.25) is 5.91 Å². The first-order valence-corrected chi connectivity index (χ1v) is 11.3. The number of hydrogen-bond acceptors (Lipinski definition) is 6. The second-order valence-corrected chi connectivity index (χ2v) is 8.04. The largest absolute Gasteiger partial charge is 0.375 e. The van der Waals surface area contributed by atoms with Gasteiger partial charge in [0.05, 0.1) is 17.6 Å². The van der Waals surface area contributed by atoms with E-state index in [2.05, 4.69) is 51.5 Å². The van der Waals surface area contributed by atoms with Crippen molar-refractivity contribution < 1.29 is 14.3 Å². The van der Waals surface area contributed by atoms with E-state index < -0.39 is 5.91 Å². The third-order valence-electron chi connectivity index (χ3n) is 4.81. The molecule has 0 saturated heterocycles. The maximum Gasteiger partial charge on any atom is 0.299 e. The van der Waals surface area contributed by atoms with Gasteiger partial charge in [-0.1, -0.05) is 31.2 Å². The predicted octanol–water partition coefficient (Wildman–Crippen LogP) is 2.77. The van der Waals surface area contributed by atoms with Crippen LogP contribution in [0.5, 0.6) is 0 Å². The number of amides is 2. The lowest BCUT2D eigenvalue weighted by Gasteiger charge is -2.10. The van der Waals surface area contributed by atoms with Crippen molar-refractivity contribution in [2.24, 2.45) is 4.99 Å². The number of hydrogen-bond donors (Lipinski definition) is 1. The highest BCUT2D eigenvalue weighted by Gasteiger charge is 2.12. The van der Waals surface area contributed by atoms with E-state index in [1.807, 2.05) is 16.9 Å². The molecule has 1 N–H and O–H groups in total. The summed E-state index contributed by atoms with van der Waals surface area (Å²) in [5.74, 6) is -0.592. The Kier molecular flexibility index (Phi) is 8.41. The molecule has 0 atom stereocenters. The van der Waals surface area contributed by atoms with Crippen LogP contribution in [0, 0.1) is 6.92 Å². The summed E-state index contributed by atoms with van der Waals surface area (Å²) in [4.78, 5) is 37.4. The molecule has 9 heteroatoms. The molecule has 8 nitrogen and oxygen atoms in total. The first-order valence-electron chi connectivity index (χ1n) is 10.4. The third kappa shape index (κ3) is 6.18. The highest BCUT2D eigenvalue weighted by atomic mass is 32.1. The molecule has 2 aromatic heterocycles. The molecule has 2 heterocycles. The van der Waals surface area contributed by atoms with Gasteiger partial charge in [-0.25, -0.2) is 4.98 Å². The molecule has 168 valence electrons. The van der Waals surface area contributed by atoms with Crippen molar-refractivity contribution in [3.63, 3.8) is 0 Å². The zero-order valence-corrected chi connectivity index (χ0v) is 19.3. The highest BCUT2D eigenvalue weighted by Crippen LogP contribution is 2.21. The van der Waals surface area contributed by atoms with Crippen LogP contribution in [0.2, 0.25) is 0 Å². The van der Waals surface area contributed by atoms with Gasteiger partial charge >= 0.3 is 0 Å². The van der Waals surface area contributed by atoms with Gasteiger partial charge in [-0.05, 0) is 30.9 Å². The summed E-state index contributed by atoms with van der Waals surface area (Å²) in [5.41, 5.74) is 4.22. The lowest BCUT2D eigenvalue weighted by molar-refractivity contribution is -0.124. The van der Waals surface area contributed by atoms with E-state index in [9.17, 15) is 9.59 Å². The molecule has 0 aliphatic carbocycles. The van der Waals surface area contributed by atoms with Crippen molar-refractivity contribution in [3.05, 3.63) is 63.8 Å². The summed E-state index contributed by atoms with van der Waals surface area (Å²) in [6.45, 7) is 5.05. The van der Waals surface area contributed by atoms with E-state index in [0.29, 0.717) is 24.3 Å². The van der Waals surface area contributed by atoms with E-state index in [4.69, 9.17) is 4.74 Å². The Morgan fingerprint density at radius 2 is 1.97 bits per heavy atom. The van der Waals surface area contributed by atoms with Crippen LogP contribution < -0.4 is 10.1 Å². The molecule has 0 aliphatic heterocycles. The number of rotatable bonds is 9. The number of carbonyl (C=O) groups is 2. The number of ether oxygens (including phenoxy) is 1. The van der Waals surface area contributed by atoms with Gasteiger partial charge in [0.15, 0.2) is 4.80 Å². The monoisotopic (exact) mass is 453 g/mol. The Balaban J connectivity index is 1.88. The summed E-state index contributed by atoms with van der Waals surface area (Å²) in [5, 5.41) is 4.82. The quantitative estimate of drug-likeness (QED) is 0.503. The Hall–Kier alpha value is -3.17. The van der Waals surface area contributed by atoms with Crippen molar-refractivity contribution in [2.75, 3.05) is 20.3 Å². The molecule has 2 amide bonds. The fraction of sp³-hybridized carbons (Fsp3) is 0.348. The molecular weight excluding hydrogens is 426 g/mol. The molecule has 0 saturated carbocycles. The predicted molar refractivity (Wildman–Crippen MR) is 123 cm³/mol. The standard InChI is InChI=1S/C23H27N5O3S/c1-4-17-6-8-18(9-7-17)20-15-32-23(27-22(30)19-13-25-16(2)12-26-19)28(20)11-5-10-24-21(29)14-31-3/h6-9,12-13,15H,4-5,10-11,14H2,1-3H3,(H,24,29). The Bertz CT molecular complexity index is 1120. The smallest absolute Gasteiger partial charge is 0.299 e. The van der Waals surface area contributed by atoms with Crippen LogP contribution in [0.1, 0.15) is 35.1 Å². The zero-order chi connectivity index (χ0) is 22.9. The van der Waals surface area contributed by atoms with Crippen molar-refractivity contribution >= 4 is 23.2 Å². The summed E-state index contributed by atoms with van der Waals surface area (Å²) in [7, 11) is 1.49. The minimum absolute atomic E-state index is 0.0350. The molecule has 0 bridgehead atoms. The third-order valence-corrected chi connectivity index (χ3v) is 5.67. The number of benzene rings is 1. The van der Waals surface area contributed by atoms with Crippen LogP contribution in [-0.2, 0) is 22.5 Å². The van der Waals surface area contributed by atoms with Gasteiger partial charge in [0, 0.05) is 31.8 Å². The number of thiazole rings is 1. The molecule has 32 heavy (non-hydrogen) atoms. The number of nitrogens with zero attached hydrogens (tertiary/aromatic N) is 4. The number of carbonyl (C=O) groups excluding carboxylic acids is 2. The van der Waals surface area contributed by atoms with Gasteiger partial charge in [-0.3, -0.25) is 14.6 Å². The van der Waals surface area contributed by atoms with Crippen LogP contribution >= 0.6 is 11.3 Å². The summed E-state index contributed by atoms with van der Waals surface area (Å²) in [6, 6.07) is 8.36. The van der Waals surface area contributed by atoms with E-state index in [1.54, 1.807) is 6.20 Å². The minimum Gasteiger partial charge on any atom is -0.375 e. The second kappa shape index (κ2) is 11.4. The van der Waals surface area contributed by atoms with E-state index in [1.165, 1.54) is 30.2 Å². The van der Waals surface area contributed by atoms with Gasteiger partial charge < -0.3 is 14.6 Å². The minimum atomic E-state index is -0.436. The zero-order valence-electron chi connectivity index (χ0n) is 18.5. The van der Waals surface area contributed by atoms with Gasteiger partial charge in [0.25, 0.3) is 5.91 Å². The summed E-state index contributed by atoms with van der Waals surface area (Å²) < 4.78 is 6.84. The fourth-order valence-corrected chi connectivity index (χ4v) is 4.00. The van der Waals surface area contributed by atoms with Crippen molar-refractivity contribution in [1.82, 2.24) is 19.9 Å². The number of aromatic nitrogens is 3. The number of aryl methyl sites for hydroxylation is 2. The van der Waals surface area contributed by atoms with E-state index in [-0.39, 0.29) is 18.2 Å². The van der Waals surface area contributed by atoms with Gasteiger partial charge in [-0.15, -0.1) is 11.3 Å². The van der Waals surface area contributed by atoms with Gasteiger partial charge in [-0.2, -0.15) is 4.99 Å². The van der Waals surface area contributed by atoms with Crippen LogP contribution in [0.3, 0.4) is 0 Å². The molecule has 1 aromatic carbocycles. The number of methoxy groups -OCH3 is 1. The van der Waals surface area contributed by atoms with Crippen LogP contribution in [-0.4, -0.2) is 46.6 Å². The summed E-state index contributed by atoms with van der Waals surface area (Å²) >= 11 is 1.40. The van der Waals surface area contributed by atoms with Crippen LogP contribution in [0.25, 0.3) is 11.3 Å². The fourth-order valence-electron chi connectivity index (χ4n) is 3.07. The van der Waals surface area contributed by atoms with Crippen LogP contribution in [0.4, 0.5) is 0 Å². The average molecular weight is 454 g/mol. The first-order chi connectivity index (χ1) is 15.5. The van der Waals surface area contributed by atoms with Gasteiger partial charge in [0.1, 0.15) is 12.3 Å². The topological polar surface area (TPSA) is 98.5 Å². The average Bonchev–Trinajstić information content (AvgIpc) is 3.19. The molecule has 3 rings (SSSR count). The molecule has 0 radical (unpaired) electrons. The maximum absolute atomic E-state index is 12.7. The van der Waals surface area contributed by atoms with E-state index in [0.717, 1.165) is 23.4 Å². The second-order valence-electron chi connectivity index (χ2n) is 7.20. The van der Waals surface area contributed by atoms with Crippen LogP contribution in [0.15, 0.2) is 47.0 Å². The van der Waals surface area contributed by atoms with Crippen molar-refractivity contribution in [1.29, 1.82) is 0 Å². The van der Waals surface area contributed by atoms with E-state index >= 15 is 0 Å². The SMILES string of the molecule is CCc1ccc(-c2csc(=NC(=O)c3cnc(C)cn3)n2CCCNC(=O)COC)cc1. The first kappa shape index (κ1) is 23.5.